The lowest BCUT2D eigenvalue weighted by atomic mass is 10.0. The summed E-state index contributed by atoms with van der Waals surface area (Å²) in [6.07, 6.45) is -0.176. The van der Waals surface area contributed by atoms with E-state index in [9.17, 15) is 14.1 Å². The number of benzene rings is 2. The zero-order valence-corrected chi connectivity index (χ0v) is 18.4. The molecule has 1 heterocycles. The molecular formula is C24H27FO6. The Bertz CT molecular complexity index is 1050. The molecule has 1 aromatic heterocycles. The second-order valence-electron chi connectivity index (χ2n) is 7.01. The van der Waals surface area contributed by atoms with Gasteiger partial charge in [-0.3, -0.25) is 9.74 Å². The maximum Gasteiger partial charge on any atom is 0.353 e. The van der Waals surface area contributed by atoms with E-state index < -0.39 is 5.97 Å². The third-order valence-electron chi connectivity index (χ3n) is 4.72. The lowest BCUT2D eigenvalue weighted by Gasteiger charge is -2.13. The van der Waals surface area contributed by atoms with E-state index in [2.05, 4.69) is 9.68 Å². The number of ether oxygens (including phenoxy) is 2. The minimum absolute atomic E-state index is 0.176. The number of hydrogen-bond donors (Lipinski definition) is 0. The first-order valence-corrected chi connectivity index (χ1v) is 9.91. The van der Waals surface area contributed by atoms with E-state index in [4.69, 9.17) is 9.15 Å². The van der Waals surface area contributed by atoms with Crippen LogP contribution in [0.25, 0.3) is 11.0 Å². The van der Waals surface area contributed by atoms with Crippen LogP contribution in [-0.4, -0.2) is 18.5 Å². The number of aryl methyl sites for hydroxylation is 2. The van der Waals surface area contributed by atoms with Crippen molar-refractivity contribution in [2.45, 2.75) is 47.6 Å². The van der Waals surface area contributed by atoms with Crippen LogP contribution in [-0.2, 0) is 32.3 Å². The minimum Gasteiger partial charge on any atom is -0.489 e. The molecule has 0 N–H and O–H groups in total. The highest BCUT2D eigenvalue weighted by molar-refractivity contribution is 5.83. The Morgan fingerprint density at radius 3 is 2.35 bits per heavy atom. The molecule has 0 unspecified atom stereocenters. The molecule has 0 atom stereocenters. The number of hydrogen-bond acceptors (Lipinski definition) is 6. The minimum atomic E-state index is -0.946. The fourth-order valence-corrected chi connectivity index (χ4v) is 3.12. The van der Waals surface area contributed by atoms with Gasteiger partial charge in [0.15, 0.2) is 0 Å². The average molecular weight is 430 g/mol. The second-order valence-corrected chi connectivity index (χ2v) is 7.01. The van der Waals surface area contributed by atoms with Crippen LogP contribution in [0.3, 0.4) is 0 Å². The number of furan rings is 1. The third-order valence-corrected chi connectivity index (χ3v) is 4.72. The van der Waals surface area contributed by atoms with Crippen LogP contribution in [0.2, 0.25) is 0 Å². The van der Waals surface area contributed by atoms with Crippen molar-refractivity contribution < 1.29 is 32.9 Å². The fraction of sp³-hybridized carbons (Fsp3) is 0.333. The molecule has 0 fully saturated rings. The van der Waals surface area contributed by atoms with Gasteiger partial charge in [-0.1, -0.05) is 18.2 Å². The first-order valence-electron chi connectivity index (χ1n) is 9.91. The summed E-state index contributed by atoms with van der Waals surface area (Å²) < 4.78 is 28.1. The van der Waals surface area contributed by atoms with Crippen molar-refractivity contribution in [3.05, 3.63) is 64.4 Å². The van der Waals surface area contributed by atoms with Crippen LogP contribution >= 0.6 is 0 Å². The summed E-state index contributed by atoms with van der Waals surface area (Å²) in [6, 6.07) is 11.1. The first-order chi connectivity index (χ1) is 14.8. The quantitative estimate of drug-likeness (QED) is 0.482. The molecule has 0 amide bonds. The molecule has 166 valence electrons. The number of rotatable bonds is 6. The number of para-hydroxylation sites is 1. The molecule has 0 aliphatic heterocycles. The van der Waals surface area contributed by atoms with Crippen molar-refractivity contribution in [2.24, 2.45) is 0 Å². The smallest absolute Gasteiger partial charge is 0.353 e. The summed E-state index contributed by atoms with van der Waals surface area (Å²) in [5, 5.41) is 1.04. The van der Waals surface area contributed by atoms with Crippen LogP contribution < -0.4 is 4.74 Å². The molecule has 0 saturated heterocycles. The normalized spacial score (nSPS) is 10.3. The number of fused-ring (bicyclic) bond motifs is 1. The van der Waals surface area contributed by atoms with Gasteiger partial charge in [-0.2, -0.15) is 0 Å². The predicted octanol–water partition coefficient (Wildman–Crippen LogP) is 5.48. The number of halogens is 1. The highest BCUT2D eigenvalue weighted by atomic mass is 19.3. The van der Waals surface area contributed by atoms with E-state index in [1.54, 1.807) is 31.2 Å². The van der Waals surface area contributed by atoms with Crippen LogP contribution in [0, 0.1) is 20.8 Å². The van der Waals surface area contributed by atoms with Crippen LogP contribution in [0.5, 0.6) is 5.75 Å². The second kappa shape index (κ2) is 11.2. The molecule has 0 saturated carbocycles. The maximum atomic E-state index is 12.0. The van der Waals surface area contributed by atoms with E-state index in [0.29, 0.717) is 24.5 Å². The van der Waals surface area contributed by atoms with E-state index in [-0.39, 0.29) is 12.4 Å². The zero-order valence-electron chi connectivity index (χ0n) is 18.4. The summed E-state index contributed by atoms with van der Waals surface area (Å²) in [6.45, 7) is 9.97. The van der Waals surface area contributed by atoms with Gasteiger partial charge in [0.1, 0.15) is 23.7 Å². The van der Waals surface area contributed by atoms with Gasteiger partial charge >= 0.3 is 11.9 Å². The Balaban J connectivity index is 0.000000501. The van der Waals surface area contributed by atoms with Crippen molar-refractivity contribution in [1.82, 2.24) is 0 Å². The highest BCUT2D eigenvalue weighted by Crippen LogP contribution is 2.29. The zero-order chi connectivity index (χ0) is 23.0. The molecule has 0 bridgehead atoms. The van der Waals surface area contributed by atoms with Crippen molar-refractivity contribution in [3.8, 4) is 5.75 Å². The Kier molecular flexibility index (Phi) is 8.61. The van der Waals surface area contributed by atoms with E-state index in [0.717, 1.165) is 33.4 Å². The lowest BCUT2D eigenvalue weighted by Crippen LogP contribution is -2.06. The highest BCUT2D eigenvalue weighted by Gasteiger charge is 2.14. The van der Waals surface area contributed by atoms with Gasteiger partial charge in [0.05, 0.1) is 13.0 Å². The standard InChI is InChI=1S/C20H19FO4.C4H8O2/c1-12-8-16-9-17(13(2)14(3)20(16)24-12)11-23-18-7-5-4-6-15(18)10-19(22)25-21;1-3-6-4(2)5/h4-9H,10-11H2,1-3H3;3H2,1-2H3. The van der Waals surface area contributed by atoms with Gasteiger partial charge in [0.25, 0.3) is 0 Å². The topological polar surface area (TPSA) is 75.0 Å². The van der Waals surface area contributed by atoms with Gasteiger partial charge in [0, 0.05) is 22.4 Å². The molecule has 0 radical (unpaired) electrons. The van der Waals surface area contributed by atoms with Gasteiger partial charge in [-0.05, 0) is 62.6 Å². The van der Waals surface area contributed by atoms with Crippen LogP contribution in [0.1, 0.15) is 41.9 Å². The van der Waals surface area contributed by atoms with E-state index >= 15 is 0 Å². The monoisotopic (exact) mass is 430 g/mol. The number of carbonyl (C=O) groups is 2. The van der Waals surface area contributed by atoms with Crippen LogP contribution in [0.4, 0.5) is 4.53 Å². The maximum absolute atomic E-state index is 12.0. The molecule has 3 aromatic rings. The van der Waals surface area contributed by atoms with Gasteiger partial charge in [-0.15, -0.1) is 0 Å². The van der Waals surface area contributed by atoms with Crippen molar-refractivity contribution in [2.75, 3.05) is 6.61 Å². The Hall–Kier alpha value is -3.35. The fourth-order valence-electron chi connectivity index (χ4n) is 3.12. The molecule has 3 rings (SSSR count). The molecule has 7 heteroatoms. The molecule has 0 aliphatic carbocycles. The van der Waals surface area contributed by atoms with Crippen molar-refractivity contribution in [1.29, 1.82) is 0 Å². The largest absolute Gasteiger partial charge is 0.489 e. The van der Waals surface area contributed by atoms with Crippen LogP contribution in [0.15, 0.2) is 40.8 Å². The van der Waals surface area contributed by atoms with Gasteiger partial charge in [-0.25, -0.2) is 4.79 Å². The average Bonchev–Trinajstić information content (AvgIpc) is 3.11. The molecule has 0 spiro atoms. The number of esters is 1. The summed E-state index contributed by atoms with van der Waals surface area (Å²) in [5.74, 6) is 0.245. The molecule has 6 nitrogen and oxygen atoms in total. The van der Waals surface area contributed by atoms with Gasteiger partial charge < -0.3 is 13.9 Å². The summed E-state index contributed by atoms with van der Waals surface area (Å²) in [4.78, 5) is 24.3. The summed E-state index contributed by atoms with van der Waals surface area (Å²) in [7, 11) is 0. The molecular weight excluding hydrogens is 403 g/mol. The Labute approximate surface area is 180 Å². The Morgan fingerprint density at radius 2 is 1.74 bits per heavy atom. The van der Waals surface area contributed by atoms with Crippen molar-refractivity contribution in [3.63, 3.8) is 0 Å². The predicted molar refractivity (Wildman–Crippen MR) is 114 cm³/mol. The first kappa shape index (κ1) is 23.9. The molecule has 2 aromatic carbocycles. The Morgan fingerprint density at radius 1 is 1.03 bits per heavy atom. The SMILES string of the molecule is CCOC(C)=O.Cc1cc2cc(COc3ccccc3CC(=O)OF)c(C)c(C)c2o1. The van der Waals surface area contributed by atoms with E-state index in [1.165, 1.54) is 6.92 Å². The molecule has 31 heavy (non-hydrogen) atoms. The van der Waals surface area contributed by atoms with Gasteiger partial charge in [0.2, 0.25) is 0 Å². The third kappa shape index (κ3) is 6.57. The summed E-state index contributed by atoms with van der Waals surface area (Å²) >= 11 is 0. The van der Waals surface area contributed by atoms with E-state index in [1.807, 2.05) is 32.9 Å². The lowest BCUT2D eigenvalue weighted by molar-refractivity contribution is -0.182. The van der Waals surface area contributed by atoms with Crippen molar-refractivity contribution >= 4 is 22.9 Å². The molecule has 0 aliphatic rings. The summed E-state index contributed by atoms with van der Waals surface area (Å²) in [5.41, 5.74) is 4.69. The number of carbonyl (C=O) groups excluding carboxylic acids is 2.